The molecule has 21 heavy (non-hydrogen) atoms. The summed E-state index contributed by atoms with van der Waals surface area (Å²) < 4.78 is 7.96. The molecule has 0 radical (unpaired) electrons. The lowest BCUT2D eigenvalue weighted by atomic mass is 9.95. The molecule has 0 saturated heterocycles. The molecule has 0 aromatic carbocycles. The summed E-state index contributed by atoms with van der Waals surface area (Å²) in [6.45, 7) is 6.95. The SMILES string of the molecule is CCCCOCCCNc1nc(C)cn1C1CCCCC1. The lowest BCUT2D eigenvalue weighted by molar-refractivity contribution is 0.131. The molecule has 120 valence electrons. The lowest BCUT2D eigenvalue weighted by Gasteiger charge is -2.24. The molecule has 2 rings (SSSR count). The van der Waals surface area contributed by atoms with Crippen LogP contribution in [-0.2, 0) is 4.74 Å². The Labute approximate surface area is 129 Å². The number of anilines is 1. The maximum absolute atomic E-state index is 5.60. The highest BCUT2D eigenvalue weighted by Gasteiger charge is 2.18. The highest BCUT2D eigenvalue weighted by molar-refractivity contribution is 5.29. The number of hydrogen-bond acceptors (Lipinski definition) is 3. The highest BCUT2D eigenvalue weighted by Crippen LogP contribution is 2.30. The van der Waals surface area contributed by atoms with Crippen molar-refractivity contribution in [1.29, 1.82) is 0 Å². The molecule has 0 bridgehead atoms. The fourth-order valence-electron chi connectivity index (χ4n) is 3.01. The first kappa shape index (κ1) is 16.3. The second-order valence-electron chi connectivity index (χ2n) is 6.15. The van der Waals surface area contributed by atoms with E-state index in [4.69, 9.17) is 4.74 Å². The first-order valence-corrected chi connectivity index (χ1v) is 8.68. The van der Waals surface area contributed by atoms with E-state index in [2.05, 4.69) is 34.9 Å². The van der Waals surface area contributed by atoms with Gasteiger partial charge in [0.05, 0.1) is 5.69 Å². The van der Waals surface area contributed by atoms with E-state index < -0.39 is 0 Å². The number of rotatable bonds is 9. The molecule has 4 heteroatoms. The lowest BCUT2D eigenvalue weighted by Crippen LogP contribution is -2.16. The molecular weight excluding hydrogens is 262 g/mol. The van der Waals surface area contributed by atoms with Gasteiger partial charge in [0.2, 0.25) is 5.95 Å². The third-order valence-corrected chi connectivity index (χ3v) is 4.21. The minimum absolute atomic E-state index is 0.642. The Bertz CT molecular complexity index is 397. The average Bonchev–Trinajstić information content (AvgIpc) is 2.88. The summed E-state index contributed by atoms with van der Waals surface area (Å²) in [6, 6.07) is 0.642. The van der Waals surface area contributed by atoms with Crippen LogP contribution in [0, 0.1) is 6.92 Å². The standard InChI is InChI=1S/C17H31N3O/c1-3-4-12-21-13-8-11-18-17-19-15(2)14-20(17)16-9-6-5-7-10-16/h14,16H,3-13H2,1-2H3,(H,18,19). The molecule has 1 aliphatic rings. The third-order valence-electron chi connectivity index (χ3n) is 4.21. The normalized spacial score (nSPS) is 16.3. The Morgan fingerprint density at radius 1 is 1.24 bits per heavy atom. The van der Waals surface area contributed by atoms with Crippen molar-refractivity contribution in [2.75, 3.05) is 25.1 Å². The summed E-state index contributed by atoms with van der Waals surface area (Å²) in [5.41, 5.74) is 1.11. The Balaban J connectivity index is 1.74. The number of aromatic nitrogens is 2. The summed E-state index contributed by atoms with van der Waals surface area (Å²) in [6.07, 6.45) is 12.3. The van der Waals surface area contributed by atoms with Crippen LogP contribution in [0.4, 0.5) is 5.95 Å². The van der Waals surface area contributed by atoms with Crippen molar-refractivity contribution in [3.8, 4) is 0 Å². The van der Waals surface area contributed by atoms with Gasteiger partial charge in [0.1, 0.15) is 0 Å². The van der Waals surface area contributed by atoms with Crippen LogP contribution in [0.3, 0.4) is 0 Å². The molecular formula is C17H31N3O. The molecule has 1 aliphatic carbocycles. The predicted octanol–water partition coefficient (Wildman–Crippen LogP) is 4.32. The minimum atomic E-state index is 0.642. The van der Waals surface area contributed by atoms with Crippen molar-refractivity contribution in [2.24, 2.45) is 0 Å². The van der Waals surface area contributed by atoms with Crippen molar-refractivity contribution in [3.05, 3.63) is 11.9 Å². The van der Waals surface area contributed by atoms with Crippen molar-refractivity contribution in [3.63, 3.8) is 0 Å². The number of ether oxygens (including phenoxy) is 1. The molecule has 1 saturated carbocycles. The Hall–Kier alpha value is -1.03. The zero-order valence-electron chi connectivity index (χ0n) is 13.7. The van der Waals surface area contributed by atoms with E-state index in [0.717, 1.165) is 37.8 Å². The molecule has 0 atom stereocenters. The fraction of sp³-hybridized carbons (Fsp3) is 0.824. The summed E-state index contributed by atoms with van der Waals surface area (Å²) in [5, 5.41) is 3.49. The number of hydrogen-bond donors (Lipinski definition) is 1. The maximum Gasteiger partial charge on any atom is 0.203 e. The molecule has 1 aromatic heterocycles. The van der Waals surface area contributed by atoms with E-state index in [1.54, 1.807) is 0 Å². The van der Waals surface area contributed by atoms with Crippen LogP contribution in [0.1, 0.15) is 70.0 Å². The number of imidazole rings is 1. The Morgan fingerprint density at radius 2 is 2.00 bits per heavy atom. The Morgan fingerprint density at radius 3 is 2.76 bits per heavy atom. The number of nitrogens with one attached hydrogen (secondary N) is 1. The first-order valence-electron chi connectivity index (χ1n) is 8.68. The minimum Gasteiger partial charge on any atom is -0.381 e. The van der Waals surface area contributed by atoms with Crippen LogP contribution in [-0.4, -0.2) is 29.3 Å². The van der Waals surface area contributed by atoms with Crippen LogP contribution in [0.2, 0.25) is 0 Å². The van der Waals surface area contributed by atoms with E-state index in [-0.39, 0.29) is 0 Å². The summed E-state index contributed by atoms with van der Waals surface area (Å²) >= 11 is 0. The van der Waals surface area contributed by atoms with Crippen LogP contribution in [0.25, 0.3) is 0 Å². The van der Waals surface area contributed by atoms with E-state index >= 15 is 0 Å². The van der Waals surface area contributed by atoms with Gasteiger partial charge < -0.3 is 14.6 Å². The molecule has 1 N–H and O–H groups in total. The molecule has 1 fully saturated rings. The van der Waals surface area contributed by atoms with Crippen LogP contribution in [0.5, 0.6) is 0 Å². The van der Waals surface area contributed by atoms with Crippen molar-refractivity contribution in [2.45, 2.75) is 71.3 Å². The largest absolute Gasteiger partial charge is 0.381 e. The summed E-state index contributed by atoms with van der Waals surface area (Å²) in [4.78, 5) is 4.64. The molecule has 0 amide bonds. The fourth-order valence-corrected chi connectivity index (χ4v) is 3.01. The number of nitrogens with zero attached hydrogens (tertiary/aromatic N) is 2. The van der Waals surface area contributed by atoms with Gasteiger partial charge in [-0.15, -0.1) is 0 Å². The van der Waals surface area contributed by atoms with Gasteiger partial charge in [0.25, 0.3) is 0 Å². The molecule has 0 unspecified atom stereocenters. The van der Waals surface area contributed by atoms with Crippen LogP contribution in [0.15, 0.2) is 6.20 Å². The predicted molar refractivity (Wildman–Crippen MR) is 87.9 cm³/mol. The van der Waals surface area contributed by atoms with Crippen molar-refractivity contribution in [1.82, 2.24) is 9.55 Å². The zero-order valence-corrected chi connectivity index (χ0v) is 13.7. The van der Waals surface area contributed by atoms with Gasteiger partial charge in [-0.2, -0.15) is 0 Å². The molecule has 4 nitrogen and oxygen atoms in total. The van der Waals surface area contributed by atoms with E-state index in [1.807, 2.05) is 0 Å². The van der Waals surface area contributed by atoms with Gasteiger partial charge in [0, 0.05) is 32.0 Å². The summed E-state index contributed by atoms with van der Waals surface area (Å²) in [7, 11) is 0. The van der Waals surface area contributed by atoms with Gasteiger partial charge in [0.15, 0.2) is 0 Å². The topological polar surface area (TPSA) is 39.1 Å². The number of unbranched alkanes of at least 4 members (excludes halogenated alkanes) is 1. The second-order valence-corrected chi connectivity index (χ2v) is 6.15. The monoisotopic (exact) mass is 293 g/mol. The highest BCUT2D eigenvalue weighted by atomic mass is 16.5. The first-order chi connectivity index (χ1) is 10.3. The molecule has 1 heterocycles. The summed E-state index contributed by atoms with van der Waals surface area (Å²) in [5.74, 6) is 1.05. The van der Waals surface area contributed by atoms with Gasteiger partial charge in [-0.3, -0.25) is 0 Å². The molecule has 0 spiro atoms. The van der Waals surface area contributed by atoms with Crippen LogP contribution < -0.4 is 5.32 Å². The second kappa shape index (κ2) is 9.08. The molecule has 0 aliphatic heterocycles. The van der Waals surface area contributed by atoms with E-state index in [0.29, 0.717) is 6.04 Å². The van der Waals surface area contributed by atoms with Crippen molar-refractivity contribution < 1.29 is 4.74 Å². The van der Waals surface area contributed by atoms with Gasteiger partial charge >= 0.3 is 0 Å². The Kier molecular flexibility index (Phi) is 7.07. The average molecular weight is 293 g/mol. The zero-order chi connectivity index (χ0) is 14.9. The maximum atomic E-state index is 5.60. The molecule has 1 aromatic rings. The van der Waals surface area contributed by atoms with E-state index in [9.17, 15) is 0 Å². The van der Waals surface area contributed by atoms with Gasteiger partial charge in [-0.05, 0) is 32.6 Å². The van der Waals surface area contributed by atoms with Gasteiger partial charge in [-0.25, -0.2) is 4.98 Å². The quantitative estimate of drug-likeness (QED) is 0.689. The third kappa shape index (κ3) is 5.34. The number of aryl methyl sites for hydroxylation is 1. The smallest absolute Gasteiger partial charge is 0.203 e. The van der Waals surface area contributed by atoms with Crippen LogP contribution >= 0.6 is 0 Å². The van der Waals surface area contributed by atoms with Gasteiger partial charge in [-0.1, -0.05) is 32.6 Å². The van der Waals surface area contributed by atoms with Crippen molar-refractivity contribution >= 4 is 5.95 Å². The van der Waals surface area contributed by atoms with E-state index in [1.165, 1.54) is 44.9 Å².